The third-order valence-electron chi connectivity index (χ3n) is 5.37. The Balaban J connectivity index is 1.42. The van der Waals surface area contributed by atoms with E-state index in [9.17, 15) is 9.59 Å². The minimum atomic E-state index is -0.884. The van der Waals surface area contributed by atoms with Crippen LogP contribution < -0.4 is 5.32 Å². The van der Waals surface area contributed by atoms with Crippen molar-refractivity contribution in [3.8, 4) is 11.1 Å². The van der Waals surface area contributed by atoms with E-state index in [1.165, 1.54) is 0 Å². The van der Waals surface area contributed by atoms with Crippen molar-refractivity contribution in [3.05, 3.63) is 84.7 Å². The van der Waals surface area contributed by atoms with Crippen molar-refractivity contribution in [2.45, 2.75) is 18.9 Å². The van der Waals surface area contributed by atoms with Gasteiger partial charge in [0, 0.05) is 18.7 Å². The molecule has 1 amide bonds. The average molecular weight is 381 g/mol. The number of carbonyl (C=O) groups is 2. The molecule has 4 aromatic rings. The fourth-order valence-corrected chi connectivity index (χ4v) is 3.91. The summed E-state index contributed by atoms with van der Waals surface area (Å²) >= 11 is 0. The van der Waals surface area contributed by atoms with E-state index >= 15 is 0 Å². The van der Waals surface area contributed by atoms with Gasteiger partial charge in [0.1, 0.15) is 5.82 Å². The van der Waals surface area contributed by atoms with Crippen molar-refractivity contribution in [3.63, 3.8) is 0 Å². The van der Waals surface area contributed by atoms with Crippen molar-refractivity contribution in [1.82, 2.24) is 9.55 Å². The van der Waals surface area contributed by atoms with Crippen LogP contribution in [-0.4, -0.2) is 21.2 Å². The minimum Gasteiger partial charge on any atom is -0.326 e. The second-order valence-electron chi connectivity index (χ2n) is 7.19. The van der Waals surface area contributed by atoms with Crippen LogP contribution in [0.15, 0.2) is 78.9 Å². The molecule has 0 fully saturated rings. The average Bonchev–Trinajstić information content (AvgIpc) is 3.13. The monoisotopic (exact) mass is 381 g/mol. The summed E-state index contributed by atoms with van der Waals surface area (Å²) in [5, 5.41) is 2.89. The molecule has 0 saturated heterocycles. The van der Waals surface area contributed by atoms with Crippen LogP contribution >= 0.6 is 0 Å². The number of aryl methyl sites for hydroxylation is 1. The molecule has 29 heavy (non-hydrogen) atoms. The number of ketones is 1. The van der Waals surface area contributed by atoms with Gasteiger partial charge in [0.15, 0.2) is 11.7 Å². The number of nitrogens with one attached hydrogen (secondary N) is 1. The molecule has 1 aliphatic heterocycles. The summed E-state index contributed by atoms with van der Waals surface area (Å²) in [5.41, 5.74) is 4.61. The van der Waals surface area contributed by atoms with Crippen LogP contribution in [0.3, 0.4) is 0 Å². The van der Waals surface area contributed by atoms with E-state index < -0.39 is 5.92 Å². The van der Waals surface area contributed by atoms with E-state index in [4.69, 9.17) is 0 Å². The lowest BCUT2D eigenvalue weighted by Gasteiger charge is -2.22. The highest BCUT2D eigenvalue weighted by atomic mass is 16.2. The summed E-state index contributed by atoms with van der Waals surface area (Å²) in [6.45, 7) is 0.560. The molecule has 2 heterocycles. The second-order valence-corrected chi connectivity index (χ2v) is 7.19. The van der Waals surface area contributed by atoms with E-state index in [1.54, 1.807) is 0 Å². The third-order valence-corrected chi connectivity index (χ3v) is 5.37. The fourth-order valence-electron chi connectivity index (χ4n) is 3.91. The highest BCUT2D eigenvalue weighted by molar-refractivity contribution is 6.12. The number of Topliss-reactive ketones (excluding diaryl/α,β-unsaturated/α-hetero) is 1. The number of benzene rings is 3. The van der Waals surface area contributed by atoms with Crippen LogP contribution in [0.5, 0.6) is 0 Å². The minimum absolute atomic E-state index is 0.0915. The molecule has 142 valence electrons. The molecule has 0 saturated carbocycles. The molecule has 5 rings (SSSR count). The van der Waals surface area contributed by atoms with Crippen LogP contribution in [0.25, 0.3) is 22.2 Å². The Morgan fingerprint density at radius 2 is 1.59 bits per heavy atom. The van der Waals surface area contributed by atoms with Crippen molar-refractivity contribution in [2.24, 2.45) is 0 Å². The van der Waals surface area contributed by atoms with Gasteiger partial charge in [-0.05, 0) is 35.4 Å². The molecule has 5 nitrogen and oxygen atoms in total. The number of carbonyl (C=O) groups excluding carboxylic acids is 2. The largest absolute Gasteiger partial charge is 0.326 e. The number of para-hydroxylation sites is 2. The van der Waals surface area contributed by atoms with E-state index in [0.29, 0.717) is 24.5 Å². The molecule has 1 aliphatic rings. The van der Waals surface area contributed by atoms with Crippen molar-refractivity contribution in [1.29, 1.82) is 0 Å². The van der Waals surface area contributed by atoms with Crippen molar-refractivity contribution >= 4 is 28.4 Å². The van der Waals surface area contributed by atoms with E-state index in [0.717, 1.165) is 22.2 Å². The topological polar surface area (TPSA) is 64.0 Å². The molecule has 1 aromatic heterocycles. The number of fused-ring (bicyclic) bond motifs is 3. The van der Waals surface area contributed by atoms with Gasteiger partial charge in [-0.2, -0.15) is 0 Å². The summed E-state index contributed by atoms with van der Waals surface area (Å²) in [6.07, 6.45) is 0.332. The molecule has 0 aliphatic carbocycles. The molecule has 1 unspecified atom stereocenters. The Morgan fingerprint density at radius 3 is 2.38 bits per heavy atom. The number of anilines is 1. The molecular formula is C24H19N3O2. The predicted molar refractivity (Wildman–Crippen MR) is 113 cm³/mol. The fraction of sp³-hybridized carbons (Fsp3) is 0.125. The van der Waals surface area contributed by atoms with E-state index in [-0.39, 0.29) is 11.7 Å². The highest BCUT2D eigenvalue weighted by Crippen LogP contribution is 2.30. The van der Waals surface area contributed by atoms with Gasteiger partial charge in [0.25, 0.3) is 0 Å². The second kappa shape index (κ2) is 7.02. The molecule has 0 radical (unpaired) electrons. The Kier molecular flexibility index (Phi) is 4.21. The van der Waals surface area contributed by atoms with Crippen molar-refractivity contribution < 1.29 is 9.59 Å². The van der Waals surface area contributed by atoms with Gasteiger partial charge < -0.3 is 9.88 Å². The van der Waals surface area contributed by atoms with Crippen LogP contribution in [0, 0.1) is 0 Å². The zero-order valence-corrected chi connectivity index (χ0v) is 15.7. The van der Waals surface area contributed by atoms with Gasteiger partial charge in [-0.1, -0.05) is 54.6 Å². The SMILES string of the molecule is O=C1CCn2c(nc3ccccc32)C1C(=O)Nc1ccc(-c2ccccc2)cc1. The molecule has 3 aromatic carbocycles. The van der Waals surface area contributed by atoms with Gasteiger partial charge in [-0.25, -0.2) is 4.98 Å². The standard InChI is InChI=1S/C24H19N3O2/c28-21-14-15-27-20-9-5-4-8-19(20)26-23(27)22(21)24(29)25-18-12-10-17(11-13-18)16-6-2-1-3-7-16/h1-13,22H,14-15H2,(H,25,29). The predicted octanol–water partition coefficient (Wildman–Crippen LogP) is 4.40. The molecular weight excluding hydrogens is 362 g/mol. The zero-order valence-electron chi connectivity index (χ0n) is 15.7. The maximum atomic E-state index is 13.0. The first-order chi connectivity index (χ1) is 14.2. The lowest BCUT2D eigenvalue weighted by atomic mass is 9.96. The summed E-state index contributed by atoms with van der Waals surface area (Å²) < 4.78 is 1.99. The molecule has 0 bridgehead atoms. The summed E-state index contributed by atoms with van der Waals surface area (Å²) in [7, 11) is 0. The zero-order chi connectivity index (χ0) is 19.8. The van der Waals surface area contributed by atoms with Gasteiger partial charge in [-0.15, -0.1) is 0 Å². The van der Waals surface area contributed by atoms with E-state index in [1.807, 2.05) is 83.4 Å². The number of hydrogen-bond acceptors (Lipinski definition) is 3. The first kappa shape index (κ1) is 17.4. The number of aromatic nitrogens is 2. The van der Waals surface area contributed by atoms with E-state index in [2.05, 4.69) is 10.3 Å². The molecule has 0 spiro atoms. The molecule has 1 atom stereocenters. The quantitative estimate of drug-likeness (QED) is 0.535. The van der Waals surface area contributed by atoms with Crippen LogP contribution in [0.1, 0.15) is 18.2 Å². The number of rotatable bonds is 3. The molecule has 5 heteroatoms. The van der Waals surface area contributed by atoms with Gasteiger partial charge >= 0.3 is 0 Å². The lowest BCUT2D eigenvalue weighted by molar-refractivity contribution is -0.128. The van der Waals surface area contributed by atoms with Crippen LogP contribution in [0.2, 0.25) is 0 Å². The van der Waals surface area contributed by atoms with Crippen LogP contribution in [-0.2, 0) is 16.1 Å². The van der Waals surface area contributed by atoms with Crippen LogP contribution in [0.4, 0.5) is 5.69 Å². The Bertz CT molecular complexity index is 1210. The normalized spacial score (nSPS) is 15.9. The first-order valence-electron chi connectivity index (χ1n) is 9.65. The number of hydrogen-bond donors (Lipinski definition) is 1. The summed E-state index contributed by atoms with van der Waals surface area (Å²) in [5.74, 6) is -0.782. The number of amides is 1. The number of nitrogens with zero attached hydrogens (tertiary/aromatic N) is 2. The Labute approximate surface area is 168 Å². The summed E-state index contributed by atoms with van der Waals surface area (Å²) in [4.78, 5) is 30.2. The Morgan fingerprint density at radius 1 is 0.897 bits per heavy atom. The van der Waals surface area contributed by atoms with Crippen molar-refractivity contribution in [2.75, 3.05) is 5.32 Å². The maximum absolute atomic E-state index is 13.0. The Hall–Kier alpha value is -3.73. The third kappa shape index (κ3) is 3.10. The lowest BCUT2D eigenvalue weighted by Crippen LogP contribution is -2.34. The highest BCUT2D eigenvalue weighted by Gasteiger charge is 2.36. The first-order valence-corrected chi connectivity index (χ1v) is 9.65. The number of imidazole rings is 1. The molecule has 1 N–H and O–H groups in total. The van der Waals surface area contributed by atoms with Gasteiger partial charge in [0.2, 0.25) is 5.91 Å². The van der Waals surface area contributed by atoms with Gasteiger partial charge in [0.05, 0.1) is 11.0 Å². The maximum Gasteiger partial charge on any atom is 0.242 e. The smallest absolute Gasteiger partial charge is 0.242 e. The van der Waals surface area contributed by atoms with Gasteiger partial charge in [-0.3, -0.25) is 9.59 Å². The summed E-state index contributed by atoms with van der Waals surface area (Å²) in [6, 6.07) is 25.4.